The summed E-state index contributed by atoms with van der Waals surface area (Å²) in [6.07, 6.45) is 6.35. The van der Waals surface area contributed by atoms with E-state index in [4.69, 9.17) is 5.73 Å². The molecule has 0 radical (unpaired) electrons. The van der Waals surface area contributed by atoms with Gasteiger partial charge in [0.05, 0.1) is 7.11 Å². The Balaban J connectivity index is 2.65. The molecule has 0 aromatic rings. The van der Waals surface area contributed by atoms with Gasteiger partial charge in [-0.05, 0) is 30.1 Å². The molecule has 0 amide bonds. The van der Waals surface area contributed by atoms with E-state index in [9.17, 15) is 4.79 Å². The fraction of sp³-hybridized carbons (Fsp3) is 0.769. The summed E-state index contributed by atoms with van der Waals surface area (Å²) in [6, 6.07) is -0.631. The highest BCUT2D eigenvalue weighted by Crippen LogP contribution is 2.46. The molecule has 0 aromatic heterocycles. The molecule has 1 rings (SSSR count). The Morgan fingerprint density at radius 1 is 1.56 bits per heavy atom. The Labute approximate surface area is 98.0 Å². The normalized spacial score (nSPS) is 30.6. The molecule has 0 aromatic carbocycles. The molecular formula is C13H23NO2. The number of hydrogen-bond donors (Lipinski definition) is 1. The van der Waals surface area contributed by atoms with Crippen LogP contribution in [0.4, 0.5) is 0 Å². The highest BCUT2D eigenvalue weighted by atomic mass is 16.5. The van der Waals surface area contributed by atoms with Crippen molar-refractivity contribution in [2.24, 2.45) is 23.0 Å². The van der Waals surface area contributed by atoms with Crippen molar-refractivity contribution < 1.29 is 9.53 Å². The molecule has 1 saturated carbocycles. The zero-order chi connectivity index (χ0) is 12.3. The standard InChI is InChI=1S/C13H23NO2/c1-9-7-8-13(2,3)10(9)5-6-11(14)12(15)16-4/h5-6,9-11H,7-8,14H2,1-4H3/b6-5+. The van der Waals surface area contributed by atoms with E-state index in [-0.39, 0.29) is 5.97 Å². The predicted molar refractivity (Wildman–Crippen MR) is 64.8 cm³/mol. The Morgan fingerprint density at radius 2 is 2.19 bits per heavy atom. The van der Waals surface area contributed by atoms with Gasteiger partial charge in [-0.2, -0.15) is 0 Å². The average Bonchev–Trinajstić information content (AvgIpc) is 2.49. The van der Waals surface area contributed by atoms with Crippen molar-refractivity contribution in [3.63, 3.8) is 0 Å². The molecule has 16 heavy (non-hydrogen) atoms. The first-order chi connectivity index (χ1) is 7.38. The molecule has 3 nitrogen and oxygen atoms in total. The second-order valence-corrected chi connectivity index (χ2v) is 5.46. The molecule has 0 saturated heterocycles. The maximum atomic E-state index is 11.2. The summed E-state index contributed by atoms with van der Waals surface area (Å²) in [4.78, 5) is 11.2. The number of carbonyl (C=O) groups excluding carboxylic acids is 1. The zero-order valence-corrected chi connectivity index (χ0v) is 10.7. The van der Waals surface area contributed by atoms with Gasteiger partial charge in [-0.25, -0.2) is 0 Å². The maximum Gasteiger partial charge on any atom is 0.326 e. The summed E-state index contributed by atoms with van der Waals surface area (Å²) in [5.74, 6) is 0.791. The van der Waals surface area contributed by atoms with Gasteiger partial charge in [0.1, 0.15) is 6.04 Å². The molecule has 1 aliphatic rings. The highest BCUT2D eigenvalue weighted by Gasteiger charge is 2.37. The number of ether oxygens (including phenoxy) is 1. The van der Waals surface area contributed by atoms with Gasteiger partial charge in [-0.3, -0.25) is 4.79 Å². The van der Waals surface area contributed by atoms with E-state index in [1.54, 1.807) is 6.08 Å². The fourth-order valence-corrected chi connectivity index (χ4v) is 2.62. The molecule has 92 valence electrons. The van der Waals surface area contributed by atoms with Crippen molar-refractivity contribution in [1.82, 2.24) is 0 Å². The summed E-state index contributed by atoms with van der Waals surface area (Å²) in [6.45, 7) is 6.80. The lowest BCUT2D eigenvalue weighted by atomic mass is 9.79. The van der Waals surface area contributed by atoms with E-state index in [0.717, 1.165) is 0 Å². The van der Waals surface area contributed by atoms with Crippen LogP contribution >= 0.6 is 0 Å². The van der Waals surface area contributed by atoms with Crippen molar-refractivity contribution in [1.29, 1.82) is 0 Å². The number of carbonyl (C=O) groups is 1. The van der Waals surface area contributed by atoms with Crippen molar-refractivity contribution in [2.75, 3.05) is 7.11 Å². The molecule has 2 N–H and O–H groups in total. The number of nitrogens with two attached hydrogens (primary N) is 1. The Bertz CT molecular complexity index is 284. The highest BCUT2D eigenvalue weighted by molar-refractivity contribution is 5.77. The van der Waals surface area contributed by atoms with Gasteiger partial charge in [-0.15, -0.1) is 0 Å². The van der Waals surface area contributed by atoms with Crippen LogP contribution in [0, 0.1) is 17.3 Å². The summed E-state index contributed by atoms with van der Waals surface area (Å²) < 4.78 is 4.59. The molecule has 0 bridgehead atoms. The van der Waals surface area contributed by atoms with Crippen LogP contribution < -0.4 is 5.73 Å². The van der Waals surface area contributed by atoms with Crippen LogP contribution in [-0.4, -0.2) is 19.1 Å². The summed E-state index contributed by atoms with van der Waals surface area (Å²) in [5, 5.41) is 0. The summed E-state index contributed by atoms with van der Waals surface area (Å²) >= 11 is 0. The first-order valence-electron chi connectivity index (χ1n) is 5.90. The molecule has 0 spiro atoms. The van der Waals surface area contributed by atoms with Gasteiger partial charge < -0.3 is 10.5 Å². The van der Waals surface area contributed by atoms with E-state index in [1.165, 1.54) is 20.0 Å². The number of methoxy groups -OCH3 is 1. The third kappa shape index (κ3) is 2.85. The molecule has 3 heteroatoms. The third-order valence-electron chi connectivity index (χ3n) is 3.76. The van der Waals surface area contributed by atoms with Crippen LogP contribution in [-0.2, 0) is 9.53 Å². The molecule has 0 aliphatic heterocycles. The van der Waals surface area contributed by atoms with Crippen molar-refractivity contribution >= 4 is 5.97 Å². The number of esters is 1. The van der Waals surface area contributed by atoms with Crippen LogP contribution in [0.2, 0.25) is 0 Å². The van der Waals surface area contributed by atoms with E-state index in [2.05, 4.69) is 31.6 Å². The minimum absolute atomic E-state index is 0.311. The van der Waals surface area contributed by atoms with E-state index in [1.807, 2.05) is 0 Å². The Kier molecular flexibility index (Phi) is 4.14. The van der Waals surface area contributed by atoms with Gasteiger partial charge >= 0.3 is 5.97 Å². The SMILES string of the molecule is COC(=O)C(N)/C=C/C1C(C)CCC1(C)C. The topological polar surface area (TPSA) is 52.3 Å². The largest absolute Gasteiger partial charge is 0.468 e. The van der Waals surface area contributed by atoms with Gasteiger partial charge in [0.25, 0.3) is 0 Å². The molecule has 0 heterocycles. The van der Waals surface area contributed by atoms with E-state index >= 15 is 0 Å². The molecule has 1 aliphatic carbocycles. The van der Waals surface area contributed by atoms with Crippen LogP contribution in [0.25, 0.3) is 0 Å². The molecule has 3 atom stereocenters. The fourth-order valence-electron chi connectivity index (χ4n) is 2.62. The minimum atomic E-state index is -0.631. The Morgan fingerprint density at radius 3 is 2.62 bits per heavy atom. The summed E-state index contributed by atoms with van der Waals surface area (Å²) in [7, 11) is 1.36. The zero-order valence-electron chi connectivity index (χ0n) is 10.7. The lowest BCUT2D eigenvalue weighted by molar-refractivity contribution is -0.140. The Hall–Kier alpha value is -0.830. The van der Waals surface area contributed by atoms with E-state index in [0.29, 0.717) is 17.3 Å². The number of rotatable bonds is 3. The predicted octanol–water partition coefficient (Wildman–Crippen LogP) is 2.12. The number of hydrogen-bond acceptors (Lipinski definition) is 3. The van der Waals surface area contributed by atoms with Crippen molar-refractivity contribution in [3.05, 3.63) is 12.2 Å². The lowest BCUT2D eigenvalue weighted by Gasteiger charge is -2.26. The lowest BCUT2D eigenvalue weighted by Crippen LogP contribution is -2.30. The van der Waals surface area contributed by atoms with Gasteiger partial charge in [-0.1, -0.05) is 32.9 Å². The average molecular weight is 225 g/mol. The van der Waals surface area contributed by atoms with E-state index < -0.39 is 6.04 Å². The second-order valence-electron chi connectivity index (χ2n) is 5.46. The van der Waals surface area contributed by atoms with Crippen LogP contribution in [0.5, 0.6) is 0 Å². The van der Waals surface area contributed by atoms with Crippen LogP contribution in [0.1, 0.15) is 33.6 Å². The first-order valence-corrected chi connectivity index (χ1v) is 5.90. The van der Waals surface area contributed by atoms with Crippen molar-refractivity contribution in [3.8, 4) is 0 Å². The second kappa shape index (κ2) is 5.00. The van der Waals surface area contributed by atoms with Crippen molar-refractivity contribution in [2.45, 2.75) is 39.7 Å². The maximum absolute atomic E-state index is 11.2. The smallest absolute Gasteiger partial charge is 0.326 e. The molecule has 1 fully saturated rings. The number of allylic oxidation sites excluding steroid dienone is 1. The van der Waals surface area contributed by atoms with Gasteiger partial charge in [0.2, 0.25) is 0 Å². The monoisotopic (exact) mass is 225 g/mol. The first kappa shape index (κ1) is 13.2. The summed E-state index contributed by atoms with van der Waals surface area (Å²) in [5.41, 5.74) is 5.99. The van der Waals surface area contributed by atoms with Gasteiger partial charge in [0.15, 0.2) is 0 Å². The molecule has 3 unspecified atom stereocenters. The van der Waals surface area contributed by atoms with Gasteiger partial charge in [0, 0.05) is 0 Å². The quantitative estimate of drug-likeness (QED) is 0.591. The van der Waals surface area contributed by atoms with Crippen LogP contribution in [0.15, 0.2) is 12.2 Å². The third-order valence-corrected chi connectivity index (χ3v) is 3.76. The van der Waals surface area contributed by atoms with Crippen LogP contribution in [0.3, 0.4) is 0 Å². The minimum Gasteiger partial charge on any atom is -0.468 e. The molecular weight excluding hydrogens is 202 g/mol.